The number of carboxylic acids is 2. The number of nitrogens with zero attached hydrogens (tertiary/aromatic N) is 5. The molecule has 3 aromatic rings. The molecule has 236 valence electrons. The Balaban J connectivity index is 0.000000303. The predicted molar refractivity (Wildman–Crippen MR) is 137 cm³/mol. The van der Waals surface area contributed by atoms with Crippen molar-refractivity contribution in [2.75, 3.05) is 13.1 Å². The van der Waals surface area contributed by atoms with Gasteiger partial charge in [-0.05, 0) is 43.9 Å². The molecule has 18 heteroatoms. The molecule has 1 fully saturated rings. The molecule has 0 bridgehead atoms. The second kappa shape index (κ2) is 12.4. The van der Waals surface area contributed by atoms with Crippen LogP contribution in [0.15, 0.2) is 47.8 Å². The third-order valence-corrected chi connectivity index (χ3v) is 8.83. The summed E-state index contributed by atoms with van der Waals surface area (Å²) in [5, 5.41) is 18.5. The average molecular weight is 640 g/mol. The monoisotopic (exact) mass is 639 g/mol. The van der Waals surface area contributed by atoms with Crippen LogP contribution < -0.4 is 0 Å². The zero-order chi connectivity index (χ0) is 32.4. The summed E-state index contributed by atoms with van der Waals surface area (Å²) >= 11 is 0. The lowest BCUT2D eigenvalue weighted by molar-refractivity contribution is -0.193. The van der Waals surface area contributed by atoms with E-state index in [4.69, 9.17) is 24.8 Å². The minimum absolute atomic E-state index is 0.0287. The Morgan fingerprint density at radius 2 is 1.47 bits per heavy atom. The molecular formula is C25H27F6N5O6S. The number of halogens is 6. The number of carboxylic acid groups (broad SMARTS) is 2. The van der Waals surface area contributed by atoms with Crippen LogP contribution in [0.3, 0.4) is 0 Å². The van der Waals surface area contributed by atoms with E-state index in [0.29, 0.717) is 18.0 Å². The first-order chi connectivity index (χ1) is 19.8. The molecule has 4 heterocycles. The molecule has 2 aliphatic heterocycles. The van der Waals surface area contributed by atoms with E-state index in [1.54, 1.807) is 27.2 Å². The van der Waals surface area contributed by atoms with E-state index < -0.39 is 34.3 Å². The standard InChI is InChI=1S/C21H25N5O2S.2C2HF3O2/c1-16-4-3-5-18(12-16)29(27,28)25-9-6-21(7-10-25)8-11-26-19(14-22-20(21)26)17-13-23-24(2)15-17;2*3-2(4,5)1(6)7/h3-5,12-15H,6-11H2,1-2H3;2*(H,6,7). The topological polar surface area (TPSA) is 148 Å². The quantitative estimate of drug-likeness (QED) is 0.409. The number of hydrogen-bond donors (Lipinski definition) is 2. The molecule has 1 aromatic carbocycles. The van der Waals surface area contributed by atoms with E-state index >= 15 is 0 Å². The Kier molecular flexibility index (Phi) is 9.65. The summed E-state index contributed by atoms with van der Waals surface area (Å²) in [5.41, 5.74) is 3.10. The molecule has 0 amide bonds. The van der Waals surface area contributed by atoms with Crippen molar-refractivity contribution in [2.45, 2.75) is 55.4 Å². The van der Waals surface area contributed by atoms with Crippen LogP contribution in [-0.4, -0.2) is 79.6 Å². The number of piperidine rings is 1. The number of rotatable bonds is 3. The van der Waals surface area contributed by atoms with Crippen molar-refractivity contribution >= 4 is 22.0 Å². The Morgan fingerprint density at radius 3 is 1.93 bits per heavy atom. The predicted octanol–water partition coefficient (Wildman–Crippen LogP) is 3.98. The summed E-state index contributed by atoms with van der Waals surface area (Å²) < 4.78 is 95.4. The van der Waals surface area contributed by atoms with E-state index in [9.17, 15) is 34.8 Å². The van der Waals surface area contributed by atoms with Crippen molar-refractivity contribution in [1.29, 1.82) is 0 Å². The molecule has 2 N–H and O–H groups in total. The number of aliphatic carboxylic acids is 2. The number of benzene rings is 1. The molecule has 0 radical (unpaired) electrons. The minimum atomic E-state index is -5.08. The molecule has 1 spiro atoms. The number of fused-ring (bicyclic) bond motifs is 2. The molecule has 43 heavy (non-hydrogen) atoms. The third-order valence-electron chi connectivity index (χ3n) is 6.94. The summed E-state index contributed by atoms with van der Waals surface area (Å²) in [4.78, 5) is 23.0. The van der Waals surface area contributed by atoms with Crippen LogP contribution >= 0.6 is 0 Å². The van der Waals surface area contributed by atoms with Gasteiger partial charge >= 0.3 is 24.3 Å². The fraction of sp³-hybridized carbons (Fsp3) is 0.440. The molecule has 2 aliphatic rings. The number of aromatic nitrogens is 4. The molecular weight excluding hydrogens is 612 g/mol. The van der Waals surface area contributed by atoms with Crippen LogP contribution in [0.4, 0.5) is 26.3 Å². The van der Waals surface area contributed by atoms with Crippen LogP contribution in [0.5, 0.6) is 0 Å². The molecule has 0 atom stereocenters. The first-order valence-corrected chi connectivity index (χ1v) is 13.9. The lowest BCUT2D eigenvalue weighted by atomic mass is 9.77. The summed E-state index contributed by atoms with van der Waals surface area (Å²) in [5.74, 6) is -4.41. The van der Waals surface area contributed by atoms with Gasteiger partial charge in [0.25, 0.3) is 0 Å². The molecule has 0 aliphatic carbocycles. The normalized spacial score (nSPS) is 16.5. The first-order valence-electron chi connectivity index (χ1n) is 12.5. The van der Waals surface area contributed by atoms with Crippen LogP contribution in [0.1, 0.15) is 30.7 Å². The average Bonchev–Trinajstić information content (AvgIpc) is 3.61. The van der Waals surface area contributed by atoms with E-state index in [2.05, 4.69) is 9.67 Å². The largest absolute Gasteiger partial charge is 0.490 e. The third kappa shape index (κ3) is 7.73. The Morgan fingerprint density at radius 1 is 0.930 bits per heavy atom. The van der Waals surface area contributed by atoms with Gasteiger partial charge in [0, 0.05) is 43.9 Å². The Hall–Kier alpha value is -3.93. The maximum absolute atomic E-state index is 13.1. The van der Waals surface area contributed by atoms with Crippen molar-refractivity contribution in [3.63, 3.8) is 0 Å². The van der Waals surface area contributed by atoms with Gasteiger partial charge < -0.3 is 14.8 Å². The van der Waals surface area contributed by atoms with Gasteiger partial charge in [0.15, 0.2) is 0 Å². The second-order valence-electron chi connectivity index (χ2n) is 9.88. The van der Waals surface area contributed by atoms with Crippen molar-refractivity contribution in [3.8, 4) is 11.3 Å². The number of imidazole rings is 1. The number of sulfonamides is 1. The maximum Gasteiger partial charge on any atom is 0.490 e. The lowest BCUT2D eigenvalue weighted by Gasteiger charge is -2.37. The summed E-state index contributed by atoms with van der Waals surface area (Å²) in [6, 6.07) is 7.17. The van der Waals surface area contributed by atoms with Crippen LogP contribution in [-0.2, 0) is 38.6 Å². The number of aryl methyl sites for hydroxylation is 2. The fourth-order valence-electron chi connectivity index (χ4n) is 4.80. The molecule has 0 unspecified atom stereocenters. The van der Waals surface area contributed by atoms with Gasteiger partial charge in [-0.25, -0.2) is 23.0 Å². The van der Waals surface area contributed by atoms with E-state index in [1.165, 1.54) is 0 Å². The van der Waals surface area contributed by atoms with Gasteiger partial charge in [0.2, 0.25) is 10.0 Å². The molecule has 5 rings (SSSR count). The van der Waals surface area contributed by atoms with E-state index in [-0.39, 0.29) is 5.41 Å². The molecule has 0 saturated carbocycles. The fourth-order valence-corrected chi connectivity index (χ4v) is 6.35. The van der Waals surface area contributed by atoms with Gasteiger partial charge in [0.05, 0.1) is 23.0 Å². The summed E-state index contributed by atoms with van der Waals surface area (Å²) in [6.07, 6.45) is -1.73. The van der Waals surface area contributed by atoms with Crippen molar-refractivity contribution in [1.82, 2.24) is 23.6 Å². The van der Waals surface area contributed by atoms with Gasteiger partial charge in [-0.1, -0.05) is 12.1 Å². The SMILES string of the molecule is Cc1cccc(S(=O)(=O)N2CCC3(CC2)CCn2c(-c4cnn(C)c4)cnc23)c1.O=C(O)C(F)(F)F.O=C(O)C(F)(F)F. The van der Waals surface area contributed by atoms with Crippen molar-refractivity contribution < 1.29 is 54.6 Å². The highest BCUT2D eigenvalue weighted by molar-refractivity contribution is 7.89. The van der Waals surface area contributed by atoms with E-state index in [1.807, 2.05) is 38.6 Å². The summed E-state index contributed by atoms with van der Waals surface area (Å²) in [7, 11) is -1.53. The first kappa shape index (κ1) is 33.6. The molecule has 2 aromatic heterocycles. The van der Waals surface area contributed by atoms with E-state index in [0.717, 1.165) is 48.5 Å². The molecule has 1 saturated heterocycles. The second-order valence-corrected chi connectivity index (χ2v) is 11.8. The summed E-state index contributed by atoms with van der Waals surface area (Å²) in [6.45, 7) is 3.91. The smallest absolute Gasteiger partial charge is 0.475 e. The van der Waals surface area contributed by atoms with Gasteiger partial charge in [-0.3, -0.25) is 4.68 Å². The highest BCUT2D eigenvalue weighted by Gasteiger charge is 2.46. The number of carbonyl (C=O) groups is 2. The van der Waals surface area contributed by atoms with Crippen molar-refractivity contribution in [2.24, 2.45) is 7.05 Å². The van der Waals surface area contributed by atoms with Crippen LogP contribution in [0.2, 0.25) is 0 Å². The Labute approximate surface area is 241 Å². The number of alkyl halides is 6. The van der Waals surface area contributed by atoms with Gasteiger partial charge in [0.1, 0.15) is 5.82 Å². The number of hydrogen-bond acceptors (Lipinski definition) is 6. The minimum Gasteiger partial charge on any atom is -0.475 e. The zero-order valence-corrected chi connectivity index (χ0v) is 23.5. The maximum atomic E-state index is 13.1. The van der Waals surface area contributed by atoms with Crippen LogP contribution in [0.25, 0.3) is 11.3 Å². The molecule has 11 nitrogen and oxygen atoms in total. The highest BCUT2D eigenvalue weighted by atomic mass is 32.2. The highest BCUT2D eigenvalue weighted by Crippen LogP contribution is 2.45. The van der Waals surface area contributed by atoms with Crippen molar-refractivity contribution in [3.05, 3.63) is 54.2 Å². The van der Waals surface area contributed by atoms with Crippen LogP contribution in [0, 0.1) is 6.92 Å². The van der Waals surface area contributed by atoms with Gasteiger partial charge in [-0.2, -0.15) is 35.7 Å². The lowest BCUT2D eigenvalue weighted by Crippen LogP contribution is -2.44. The van der Waals surface area contributed by atoms with Gasteiger partial charge in [-0.15, -0.1) is 0 Å². The Bertz CT molecular complexity index is 1550. The zero-order valence-electron chi connectivity index (χ0n) is 22.7.